The summed E-state index contributed by atoms with van der Waals surface area (Å²) in [5, 5.41) is 0. The minimum absolute atomic E-state index is 0.277. The number of esters is 1. The average molecular weight is 196 g/mol. The maximum atomic E-state index is 10.7. The van der Waals surface area contributed by atoms with E-state index >= 15 is 0 Å². The highest BCUT2D eigenvalue weighted by Crippen LogP contribution is 2.16. The second-order valence-electron chi connectivity index (χ2n) is 2.67. The van der Waals surface area contributed by atoms with Crippen LogP contribution in [-0.2, 0) is 10.5 Å². The molecule has 13 heavy (non-hydrogen) atoms. The molecule has 0 atom stereocenters. The average Bonchev–Trinajstić information content (AvgIpc) is 2.04. The highest BCUT2D eigenvalue weighted by atomic mass is 32.2. The Morgan fingerprint density at radius 2 is 2.31 bits per heavy atom. The zero-order valence-corrected chi connectivity index (χ0v) is 8.56. The summed E-state index contributed by atoms with van der Waals surface area (Å²) in [6.45, 7) is 1.40. The van der Waals surface area contributed by atoms with Crippen molar-refractivity contribution in [1.82, 2.24) is 0 Å². The molecule has 0 N–H and O–H groups in total. The van der Waals surface area contributed by atoms with Crippen molar-refractivity contribution < 1.29 is 9.53 Å². The van der Waals surface area contributed by atoms with Gasteiger partial charge in [-0.3, -0.25) is 4.79 Å². The summed E-state index contributed by atoms with van der Waals surface area (Å²) < 4.78 is 4.95. The second kappa shape index (κ2) is 4.92. The largest absolute Gasteiger partial charge is 0.427 e. The fourth-order valence-corrected chi connectivity index (χ4v) is 1.54. The van der Waals surface area contributed by atoms with Gasteiger partial charge in [-0.1, -0.05) is 12.1 Å². The SMILES string of the molecule is CSCc1cccc(OC(C)=O)c1. The van der Waals surface area contributed by atoms with Gasteiger partial charge in [0, 0.05) is 12.7 Å². The predicted molar refractivity (Wildman–Crippen MR) is 55.0 cm³/mol. The van der Waals surface area contributed by atoms with E-state index in [1.54, 1.807) is 17.8 Å². The van der Waals surface area contributed by atoms with Crippen LogP contribution in [0.3, 0.4) is 0 Å². The molecule has 0 unspecified atom stereocenters. The number of thioether (sulfide) groups is 1. The molecule has 0 aliphatic heterocycles. The van der Waals surface area contributed by atoms with Crippen molar-refractivity contribution in [2.75, 3.05) is 6.26 Å². The summed E-state index contributed by atoms with van der Waals surface area (Å²) in [6, 6.07) is 7.58. The maximum Gasteiger partial charge on any atom is 0.308 e. The number of rotatable bonds is 3. The van der Waals surface area contributed by atoms with Crippen molar-refractivity contribution in [1.29, 1.82) is 0 Å². The molecule has 3 heteroatoms. The van der Waals surface area contributed by atoms with Gasteiger partial charge in [-0.15, -0.1) is 0 Å². The lowest BCUT2D eigenvalue weighted by Crippen LogP contribution is -2.01. The van der Waals surface area contributed by atoms with Gasteiger partial charge in [0.2, 0.25) is 0 Å². The molecule has 70 valence electrons. The molecule has 0 aliphatic carbocycles. The molecule has 0 amide bonds. The lowest BCUT2D eigenvalue weighted by Gasteiger charge is -2.03. The van der Waals surface area contributed by atoms with Gasteiger partial charge in [-0.25, -0.2) is 0 Å². The Bertz CT molecular complexity index is 297. The van der Waals surface area contributed by atoms with Crippen LogP contribution < -0.4 is 4.74 Å². The molecule has 1 rings (SSSR count). The van der Waals surface area contributed by atoms with Crippen molar-refractivity contribution in [3.8, 4) is 5.75 Å². The summed E-state index contributed by atoms with van der Waals surface area (Å²) >= 11 is 1.74. The van der Waals surface area contributed by atoms with Crippen LogP contribution in [0.2, 0.25) is 0 Å². The van der Waals surface area contributed by atoms with Crippen LogP contribution >= 0.6 is 11.8 Å². The highest BCUT2D eigenvalue weighted by Gasteiger charge is 1.98. The molecule has 0 saturated heterocycles. The monoisotopic (exact) mass is 196 g/mol. The summed E-state index contributed by atoms with van der Waals surface area (Å²) in [5.74, 6) is 1.29. The molecular formula is C10H12O2S. The van der Waals surface area contributed by atoms with Gasteiger partial charge in [0.05, 0.1) is 0 Å². The Balaban J connectivity index is 2.73. The van der Waals surface area contributed by atoms with E-state index in [1.165, 1.54) is 12.5 Å². The van der Waals surface area contributed by atoms with Gasteiger partial charge in [0.25, 0.3) is 0 Å². The number of carbonyl (C=O) groups excluding carboxylic acids is 1. The Labute approximate surface area is 82.3 Å². The van der Waals surface area contributed by atoms with Gasteiger partial charge in [-0.05, 0) is 24.0 Å². The molecule has 0 bridgehead atoms. The number of hydrogen-bond acceptors (Lipinski definition) is 3. The Kier molecular flexibility index (Phi) is 3.83. The minimum atomic E-state index is -0.277. The van der Waals surface area contributed by atoms with Gasteiger partial charge in [0.15, 0.2) is 0 Å². The number of hydrogen-bond donors (Lipinski definition) is 0. The van der Waals surface area contributed by atoms with E-state index in [1.807, 2.05) is 24.5 Å². The summed E-state index contributed by atoms with van der Waals surface area (Å²) in [5.41, 5.74) is 1.17. The van der Waals surface area contributed by atoms with E-state index < -0.39 is 0 Å². The first kappa shape index (κ1) is 10.1. The fourth-order valence-electron chi connectivity index (χ4n) is 1.03. The smallest absolute Gasteiger partial charge is 0.308 e. The first-order chi connectivity index (χ1) is 6.22. The third-order valence-electron chi connectivity index (χ3n) is 1.47. The van der Waals surface area contributed by atoms with Crippen molar-refractivity contribution in [3.63, 3.8) is 0 Å². The van der Waals surface area contributed by atoms with Crippen molar-refractivity contribution in [3.05, 3.63) is 29.8 Å². The van der Waals surface area contributed by atoms with E-state index in [4.69, 9.17) is 4.74 Å². The quantitative estimate of drug-likeness (QED) is 0.548. The van der Waals surface area contributed by atoms with E-state index in [9.17, 15) is 4.79 Å². The molecular weight excluding hydrogens is 184 g/mol. The molecule has 0 aliphatic rings. The van der Waals surface area contributed by atoms with Crippen LogP contribution in [-0.4, -0.2) is 12.2 Å². The molecule has 1 aromatic rings. The molecule has 0 aromatic heterocycles. The molecule has 0 heterocycles. The first-order valence-corrected chi connectivity index (χ1v) is 5.38. The fraction of sp³-hybridized carbons (Fsp3) is 0.300. The molecule has 0 fully saturated rings. The zero-order chi connectivity index (χ0) is 9.68. The Morgan fingerprint density at radius 1 is 1.54 bits per heavy atom. The molecule has 0 saturated carbocycles. The van der Waals surface area contributed by atoms with Crippen LogP contribution in [0.4, 0.5) is 0 Å². The predicted octanol–water partition coefficient (Wildman–Crippen LogP) is 2.47. The maximum absolute atomic E-state index is 10.7. The normalized spacial score (nSPS) is 9.69. The Morgan fingerprint density at radius 3 is 2.92 bits per heavy atom. The third-order valence-corrected chi connectivity index (χ3v) is 2.09. The van der Waals surface area contributed by atoms with E-state index in [2.05, 4.69) is 0 Å². The Hall–Kier alpha value is -0.960. The second-order valence-corrected chi connectivity index (χ2v) is 3.54. The van der Waals surface area contributed by atoms with Crippen molar-refractivity contribution in [2.45, 2.75) is 12.7 Å². The zero-order valence-electron chi connectivity index (χ0n) is 7.74. The first-order valence-electron chi connectivity index (χ1n) is 3.98. The van der Waals surface area contributed by atoms with E-state index in [0.717, 1.165) is 5.75 Å². The molecule has 0 spiro atoms. The van der Waals surface area contributed by atoms with Gasteiger partial charge in [-0.2, -0.15) is 11.8 Å². The number of carbonyl (C=O) groups is 1. The van der Waals surface area contributed by atoms with Gasteiger partial charge < -0.3 is 4.74 Å². The van der Waals surface area contributed by atoms with Crippen LogP contribution in [0.15, 0.2) is 24.3 Å². The van der Waals surface area contributed by atoms with E-state index in [0.29, 0.717) is 5.75 Å². The van der Waals surface area contributed by atoms with Gasteiger partial charge in [0.1, 0.15) is 5.75 Å². The van der Waals surface area contributed by atoms with Crippen LogP contribution in [0.25, 0.3) is 0 Å². The van der Waals surface area contributed by atoms with Crippen LogP contribution in [0.5, 0.6) is 5.75 Å². The lowest BCUT2D eigenvalue weighted by molar-refractivity contribution is -0.131. The number of benzene rings is 1. The summed E-state index contributed by atoms with van der Waals surface area (Å²) in [4.78, 5) is 10.7. The minimum Gasteiger partial charge on any atom is -0.427 e. The van der Waals surface area contributed by atoms with Crippen molar-refractivity contribution >= 4 is 17.7 Å². The molecule has 1 aromatic carbocycles. The van der Waals surface area contributed by atoms with E-state index in [-0.39, 0.29) is 5.97 Å². The summed E-state index contributed by atoms with van der Waals surface area (Å²) in [7, 11) is 0. The topological polar surface area (TPSA) is 26.3 Å². The van der Waals surface area contributed by atoms with Crippen LogP contribution in [0.1, 0.15) is 12.5 Å². The third kappa shape index (κ3) is 3.51. The van der Waals surface area contributed by atoms with Crippen LogP contribution in [0, 0.1) is 0 Å². The number of ether oxygens (including phenoxy) is 1. The molecule has 2 nitrogen and oxygen atoms in total. The highest BCUT2D eigenvalue weighted by molar-refractivity contribution is 7.97. The van der Waals surface area contributed by atoms with Gasteiger partial charge >= 0.3 is 5.97 Å². The standard InChI is InChI=1S/C10H12O2S/c1-8(11)12-10-5-3-4-9(6-10)7-13-2/h3-6H,7H2,1-2H3. The lowest BCUT2D eigenvalue weighted by atomic mass is 10.2. The van der Waals surface area contributed by atoms with Crippen molar-refractivity contribution in [2.24, 2.45) is 0 Å². The molecule has 0 radical (unpaired) electrons. The summed E-state index contributed by atoms with van der Waals surface area (Å²) in [6.07, 6.45) is 2.04.